The Labute approximate surface area is 131 Å². The van der Waals surface area contributed by atoms with Crippen molar-refractivity contribution in [3.8, 4) is 5.75 Å². The van der Waals surface area contributed by atoms with Crippen molar-refractivity contribution in [2.75, 3.05) is 0 Å². The number of carbonyl (C=O) groups excluding carboxylic acids is 1. The number of phenols is 1. The van der Waals surface area contributed by atoms with Crippen molar-refractivity contribution >= 4 is 33.4 Å². The van der Waals surface area contributed by atoms with Crippen LogP contribution in [0, 0.1) is 0 Å². The predicted octanol–water partition coefficient (Wildman–Crippen LogP) is 2.79. The first kappa shape index (κ1) is 14.4. The van der Waals surface area contributed by atoms with Gasteiger partial charge in [-0.05, 0) is 6.07 Å². The minimum atomic E-state index is -4.63. The van der Waals surface area contributed by atoms with Crippen LogP contribution in [0.3, 0.4) is 0 Å². The summed E-state index contributed by atoms with van der Waals surface area (Å²) in [6, 6.07) is 4.58. The number of H-pyrrole nitrogens is 1. The van der Waals surface area contributed by atoms with Crippen molar-refractivity contribution in [1.82, 2.24) is 14.4 Å². The minimum Gasteiger partial charge on any atom is -0.506 e. The molecule has 0 bridgehead atoms. The first-order valence-corrected chi connectivity index (χ1v) is 6.79. The van der Waals surface area contributed by atoms with Crippen LogP contribution in [-0.2, 0) is 6.18 Å². The Bertz CT molecular complexity index is 1140. The van der Waals surface area contributed by atoms with Crippen molar-refractivity contribution in [2.24, 2.45) is 5.73 Å². The lowest BCUT2D eigenvalue weighted by atomic mass is 10.1. The van der Waals surface area contributed by atoms with Crippen LogP contribution in [-0.4, -0.2) is 25.4 Å². The van der Waals surface area contributed by atoms with Crippen LogP contribution in [0.25, 0.3) is 27.5 Å². The Morgan fingerprint density at radius 3 is 2.67 bits per heavy atom. The van der Waals surface area contributed by atoms with Gasteiger partial charge in [0, 0.05) is 17.8 Å². The summed E-state index contributed by atoms with van der Waals surface area (Å²) in [5.41, 5.74) is 4.79. The zero-order chi connectivity index (χ0) is 17.2. The molecule has 3 heterocycles. The number of aromatic hydroxyl groups is 1. The number of rotatable bonds is 1. The Balaban J connectivity index is 2.27. The van der Waals surface area contributed by atoms with Crippen LogP contribution in [0.4, 0.5) is 13.2 Å². The van der Waals surface area contributed by atoms with Gasteiger partial charge < -0.3 is 20.2 Å². The largest absolute Gasteiger partial charge is 0.506 e. The number of nitrogens with two attached hydrogens (primary N) is 1. The van der Waals surface area contributed by atoms with Crippen LogP contribution in [0.15, 0.2) is 30.6 Å². The first-order valence-electron chi connectivity index (χ1n) is 6.79. The molecule has 24 heavy (non-hydrogen) atoms. The number of fused-ring (bicyclic) bond motifs is 5. The standard InChI is InChI=1S/C15H9F3N4O2/c16-15(17,18)9-5-22-4-7(13(19)24)12-10(14(22)20-9)6-2-1-3-8(23)11(6)21-12/h1-5,21,23H,(H2,19,24). The van der Waals surface area contributed by atoms with Crippen molar-refractivity contribution < 1.29 is 23.1 Å². The van der Waals surface area contributed by atoms with Gasteiger partial charge in [-0.1, -0.05) is 12.1 Å². The third-order valence-electron chi connectivity index (χ3n) is 3.86. The molecule has 4 aromatic rings. The molecule has 6 nitrogen and oxygen atoms in total. The molecular weight excluding hydrogens is 325 g/mol. The second-order valence-electron chi connectivity index (χ2n) is 5.34. The molecular formula is C15H9F3N4O2. The molecule has 4 N–H and O–H groups in total. The van der Waals surface area contributed by atoms with Gasteiger partial charge in [0.25, 0.3) is 5.91 Å². The minimum absolute atomic E-state index is 0.000718. The highest BCUT2D eigenvalue weighted by Gasteiger charge is 2.34. The molecule has 4 rings (SSSR count). The number of pyridine rings is 1. The van der Waals surface area contributed by atoms with Gasteiger partial charge in [0.1, 0.15) is 11.4 Å². The quantitative estimate of drug-likeness (QED) is 0.499. The number of hydrogen-bond acceptors (Lipinski definition) is 3. The van der Waals surface area contributed by atoms with E-state index in [4.69, 9.17) is 5.73 Å². The maximum Gasteiger partial charge on any atom is 0.434 e. The molecule has 122 valence electrons. The molecule has 0 unspecified atom stereocenters. The van der Waals surface area contributed by atoms with Gasteiger partial charge in [-0.15, -0.1) is 0 Å². The second kappa shape index (κ2) is 4.40. The monoisotopic (exact) mass is 334 g/mol. The third-order valence-corrected chi connectivity index (χ3v) is 3.86. The number of hydrogen-bond donors (Lipinski definition) is 3. The zero-order valence-electron chi connectivity index (χ0n) is 11.8. The Morgan fingerprint density at radius 1 is 1.25 bits per heavy atom. The molecule has 0 spiro atoms. The molecule has 9 heteroatoms. The Kier molecular flexibility index (Phi) is 2.64. The normalized spacial score (nSPS) is 12.5. The number of imidazole rings is 1. The highest BCUT2D eigenvalue weighted by Crippen LogP contribution is 2.36. The lowest BCUT2D eigenvalue weighted by molar-refractivity contribution is -0.140. The second-order valence-corrected chi connectivity index (χ2v) is 5.34. The summed E-state index contributed by atoms with van der Waals surface area (Å²) in [7, 11) is 0. The van der Waals surface area contributed by atoms with E-state index in [9.17, 15) is 23.1 Å². The predicted molar refractivity (Wildman–Crippen MR) is 79.7 cm³/mol. The van der Waals surface area contributed by atoms with Crippen molar-refractivity contribution in [3.05, 3.63) is 41.9 Å². The van der Waals surface area contributed by atoms with E-state index < -0.39 is 17.8 Å². The molecule has 3 aromatic heterocycles. The van der Waals surface area contributed by atoms with Crippen LogP contribution < -0.4 is 5.73 Å². The molecule has 0 atom stereocenters. The zero-order valence-corrected chi connectivity index (χ0v) is 11.8. The van der Waals surface area contributed by atoms with E-state index in [1.54, 1.807) is 12.1 Å². The maximum absolute atomic E-state index is 13.0. The number of para-hydroxylation sites is 1. The van der Waals surface area contributed by atoms with E-state index in [-0.39, 0.29) is 27.9 Å². The van der Waals surface area contributed by atoms with Gasteiger partial charge in [-0.3, -0.25) is 4.79 Å². The highest BCUT2D eigenvalue weighted by atomic mass is 19.4. The fourth-order valence-electron chi connectivity index (χ4n) is 2.84. The number of nitrogens with zero attached hydrogens (tertiary/aromatic N) is 2. The topological polar surface area (TPSA) is 96.4 Å². The highest BCUT2D eigenvalue weighted by molar-refractivity contribution is 6.20. The lowest BCUT2D eigenvalue weighted by Gasteiger charge is -2.01. The van der Waals surface area contributed by atoms with Crippen molar-refractivity contribution in [3.63, 3.8) is 0 Å². The number of benzene rings is 1. The average molecular weight is 334 g/mol. The SMILES string of the molecule is NC(=O)c1cn2cc(C(F)(F)F)nc2c2c1[nH]c1c(O)cccc12. The van der Waals surface area contributed by atoms with E-state index in [1.165, 1.54) is 12.3 Å². The van der Waals surface area contributed by atoms with E-state index in [0.717, 1.165) is 10.6 Å². The number of aromatic amines is 1. The van der Waals surface area contributed by atoms with Crippen molar-refractivity contribution in [2.45, 2.75) is 6.18 Å². The summed E-state index contributed by atoms with van der Waals surface area (Å²) in [5.74, 6) is -0.907. The number of halogens is 3. The maximum atomic E-state index is 13.0. The lowest BCUT2D eigenvalue weighted by Crippen LogP contribution is -2.12. The number of nitrogens with one attached hydrogen (secondary N) is 1. The summed E-state index contributed by atoms with van der Waals surface area (Å²) >= 11 is 0. The van der Waals surface area contributed by atoms with Gasteiger partial charge in [0.2, 0.25) is 0 Å². The fourth-order valence-corrected chi connectivity index (χ4v) is 2.84. The molecule has 0 saturated heterocycles. The van der Waals surface area contributed by atoms with Crippen LogP contribution in [0.2, 0.25) is 0 Å². The van der Waals surface area contributed by atoms with E-state index in [1.807, 2.05) is 0 Å². The number of carbonyl (C=O) groups is 1. The van der Waals surface area contributed by atoms with Gasteiger partial charge in [-0.25, -0.2) is 4.98 Å². The summed E-state index contributed by atoms with van der Waals surface area (Å²) in [6.45, 7) is 0. The fraction of sp³-hybridized carbons (Fsp3) is 0.0667. The number of amides is 1. The molecule has 1 amide bonds. The van der Waals surface area contributed by atoms with Crippen LogP contribution >= 0.6 is 0 Å². The third kappa shape index (κ3) is 1.84. The molecule has 1 aromatic carbocycles. The Hall–Kier alpha value is -3.23. The molecule has 0 saturated carbocycles. The summed E-state index contributed by atoms with van der Waals surface area (Å²) in [6.07, 6.45) is -2.64. The van der Waals surface area contributed by atoms with Gasteiger partial charge in [0.05, 0.1) is 22.0 Å². The molecule has 0 aliphatic heterocycles. The number of aromatic nitrogens is 3. The summed E-state index contributed by atoms with van der Waals surface area (Å²) < 4.78 is 40.0. The average Bonchev–Trinajstić information content (AvgIpc) is 3.06. The first-order chi connectivity index (χ1) is 11.3. The Morgan fingerprint density at radius 2 is 2.00 bits per heavy atom. The summed E-state index contributed by atoms with van der Waals surface area (Å²) in [4.78, 5) is 18.2. The van der Waals surface area contributed by atoms with E-state index in [2.05, 4.69) is 9.97 Å². The number of primary amides is 1. The van der Waals surface area contributed by atoms with Crippen LogP contribution in [0.1, 0.15) is 16.1 Å². The van der Waals surface area contributed by atoms with Gasteiger partial charge in [0.15, 0.2) is 5.69 Å². The number of alkyl halides is 3. The van der Waals surface area contributed by atoms with E-state index in [0.29, 0.717) is 10.9 Å². The molecule has 0 radical (unpaired) electrons. The van der Waals surface area contributed by atoms with Gasteiger partial charge >= 0.3 is 6.18 Å². The van der Waals surface area contributed by atoms with Gasteiger partial charge in [-0.2, -0.15) is 13.2 Å². The van der Waals surface area contributed by atoms with Crippen molar-refractivity contribution in [1.29, 1.82) is 0 Å². The molecule has 0 aliphatic carbocycles. The molecule has 0 aliphatic rings. The van der Waals surface area contributed by atoms with Crippen LogP contribution in [0.5, 0.6) is 5.75 Å². The number of phenolic OH excluding ortho intramolecular Hbond substituents is 1. The molecule has 0 fully saturated rings. The van der Waals surface area contributed by atoms with E-state index >= 15 is 0 Å². The summed E-state index contributed by atoms with van der Waals surface area (Å²) in [5, 5.41) is 10.7. The smallest absolute Gasteiger partial charge is 0.434 e.